The van der Waals surface area contributed by atoms with Crippen LogP contribution in [-0.2, 0) is 11.3 Å². The summed E-state index contributed by atoms with van der Waals surface area (Å²) in [6.07, 6.45) is 0.611. The molecule has 1 aliphatic rings. The van der Waals surface area contributed by atoms with E-state index in [1.807, 2.05) is 37.3 Å². The summed E-state index contributed by atoms with van der Waals surface area (Å²) in [5, 5.41) is 13.2. The third-order valence-corrected chi connectivity index (χ3v) is 3.66. The van der Waals surface area contributed by atoms with Crippen LogP contribution >= 0.6 is 0 Å². The minimum absolute atomic E-state index is 0.418. The van der Waals surface area contributed by atoms with Crippen LogP contribution in [0.4, 0.5) is 5.69 Å². The number of carbonyl (C=O) groups is 1. The van der Waals surface area contributed by atoms with E-state index >= 15 is 0 Å². The number of carboxylic acid groups (broad SMARTS) is 1. The average Bonchev–Trinajstić information content (AvgIpc) is 2.84. The summed E-state index contributed by atoms with van der Waals surface area (Å²) in [5.41, 5.74) is 2.70. The Balaban J connectivity index is 1.90. The number of anilines is 1. The van der Waals surface area contributed by atoms with Crippen molar-refractivity contribution in [2.75, 3.05) is 11.4 Å². The molecule has 2 heterocycles. The maximum absolute atomic E-state index is 11.3. The molecule has 3 rings (SSSR count). The van der Waals surface area contributed by atoms with Crippen molar-refractivity contribution in [1.82, 2.24) is 5.16 Å². The zero-order chi connectivity index (χ0) is 14.1. The molecular weight excluding hydrogens is 256 g/mol. The predicted octanol–water partition coefficient (Wildman–Crippen LogP) is 2.56. The fraction of sp³-hybridized carbons (Fsp3) is 0.333. The molecule has 0 aliphatic carbocycles. The first-order chi connectivity index (χ1) is 9.65. The van der Waals surface area contributed by atoms with Crippen LogP contribution in [-0.4, -0.2) is 22.8 Å². The lowest BCUT2D eigenvalue weighted by atomic mass is 9.90. The molecule has 1 unspecified atom stereocenters. The van der Waals surface area contributed by atoms with E-state index in [1.54, 1.807) is 0 Å². The lowest BCUT2D eigenvalue weighted by Crippen LogP contribution is -2.32. The first kappa shape index (κ1) is 12.7. The van der Waals surface area contributed by atoms with Crippen LogP contribution in [0.5, 0.6) is 0 Å². The predicted molar refractivity (Wildman–Crippen MR) is 73.7 cm³/mol. The number of hydrogen-bond donors (Lipinski definition) is 1. The summed E-state index contributed by atoms with van der Waals surface area (Å²) in [6.45, 7) is 3.20. The highest BCUT2D eigenvalue weighted by atomic mass is 16.5. The van der Waals surface area contributed by atoms with Gasteiger partial charge < -0.3 is 14.5 Å². The van der Waals surface area contributed by atoms with Crippen molar-refractivity contribution in [3.8, 4) is 0 Å². The van der Waals surface area contributed by atoms with Gasteiger partial charge in [-0.05, 0) is 25.0 Å². The molecule has 0 fully saturated rings. The monoisotopic (exact) mass is 272 g/mol. The van der Waals surface area contributed by atoms with Crippen molar-refractivity contribution in [3.05, 3.63) is 47.3 Å². The fourth-order valence-corrected chi connectivity index (χ4v) is 2.73. The highest BCUT2D eigenvalue weighted by molar-refractivity contribution is 5.80. The summed E-state index contributed by atoms with van der Waals surface area (Å²) in [4.78, 5) is 13.5. The Bertz CT molecular complexity index is 636. The number of aryl methyl sites for hydroxylation is 1. The summed E-state index contributed by atoms with van der Waals surface area (Å²) in [7, 11) is 0. The highest BCUT2D eigenvalue weighted by Gasteiger charge is 2.29. The lowest BCUT2D eigenvalue weighted by Gasteiger charge is -2.33. The molecule has 1 aromatic heterocycles. The van der Waals surface area contributed by atoms with Crippen LogP contribution in [0.1, 0.15) is 29.4 Å². The topological polar surface area (TPSA) is 66.6 Å². The van der Waals surface area contributed by atoms with E-state index in [4.69, 9.17) is 4.52 Å². The van der Waals surface area contributed by atoms with Crippen LogP contribution in [0.3, 0.4) is 0 Å². The molecular formula is C15H16N2O3. The van der Waals surface area contributed by atoms with E-state index in [9.17, 15) is 9.90 Å². The Labute approximate surface area is 116 Å². The second-order valence-electron chi connectivity index (χ2n) is 5.09. The number of aliphatic carboxylic acids is 1. The van der Waals surface area contributed by atoms with Gasteiger partial charge in [-0.2, -0.15) is 0 Å². The van der Waals surface area contributed by atoms with Gasteiger partial charge >= 0.3 is 5.97 Å². The molecule has 1 N–H and O–H groups in total. The minimum Gasteiger partial charge on any atom is -0.481 e. The van der Waals surface area contributed by atoms with Crippen LogP contribution in [0.2, 0.25) is 0 Å². The lowest BCUT2D eigenvalue weighted by molar-refractivity contribution is -0.139. The van der Waals surface area contributed by atoms with Crippen molar-refractivity contribution >= 4 is 11.7 Å². The van der Waals surface area contributed by atoms with Gasteiger partial charge in [0.05, 0.1) is 18.2 Å². The number of benzene rings is 1. The van der Waals surface area contributed by atoms with Crippen molar-refractivity contribution in [3.63, 3.8) is 0 Å². The van der Waals surface area contributed by atoms with Gasteiger partial charge in [0.15, 0.2) is 5.76 Å². The van der Waals surface area contributed by atoms with E-state index in [1.165, 1.54) is 0 Å². The molecule has 104 valence electrons. The van der Waals surface area contributed by atoms with Gasteiger partial charge in [0.2, 0.25) is 0 Å². The number of aromatic nitrogens is 1. The third kappa shape index (κ3) is 2.27. The molecule has 5 nitrogen and oxygen atoms in total. The normalized spacial score (nSPS) is 17.9. The summed E-state index contributed by atoms with van der Waals surface area (Å²) in [6, 6.07) is 9.59. The second-order valence-corrected chi connectivity index (χ2v) is 5.09. The zero-order valence-corrected chi connectivity index (χ0v) is 11.2. The van der Waals surface area contributed by atoms with Crippen LogP contribution in [0, 0.1) is 6.92 Å². The number of rotatable bonds is 3. The van der Waals surface area contributed by atoms with Gasteiger partial charge in [-0.25, -0.2) is 0 Å². The molecule has 0 radical (unpaired) electrons. The molecule has 0 saturated carbocycles. The SMILES string of the molecule is Cc1cc(CN2CCC(C(=O)O)c3ccccc32)on1. The Kier molecular flexibility index (Phi) is 3.18. The average molecular weight is 272 g/mol. The molecule has 0 saturated heterocycles. The molecule has 20 heavy (non-hydrogen) atoms. The summed E-state index contributed by atoms with van der Waals surface area (Å²) < 4.78 is 5.25. The zero-order valence-electron chi connectivity index (χ0n) is 11.2. The summed E-state index contributed by atoms with van der Waals surface area (Å²) in [5.74, 6) is -0.377. The van der Waals surface area contributed by atoms with Crippen molar-refractivity contribution in [2.24, 2.45) is 0 Å². The van der Waals surface area contributed by atoms with Gasteiger partial charge in [-0.3, -0.25) is 4.79 Å². The molecule has 0 amide bonds. The quantitative estimate of drug-likeness (QED) is 0.930. The highest BCUT2D eigenvalue weighted by Crippen LogP contribution is 2.36. The van der Waals surface area contributed by atoms with Gasteiger partial charge in [-0.1, -0.05) is 23.4 Å². The smallest absolute Gasteiger partial charge is 0.311 e. The van der Waals surface area contributed by atoms with Crippen molar-refractivity contribution < 1.29 is 14.4 Å². The van der Waals surface area contributed by atoms with E-state index in [0.717, 1.165) is 22.7 Å². The molecule has 1 aromatic carbocycles. The standard InChI is InChI=1S/C15H16N2O3/c1-10-8-11(20-16-10)9-17-7-6-13(15(18)19)12-4-2-3-5-14(12)17/h2-5,8,13H,6-7,9H2,1H3,(H,18,19). The maximum atomic E-state index is 11.3. The van der Waals surface area contributed by atoms with Crippen LogP contribution in [0.15, 0.2) is 34.9 Å². The fourth-order valence-electron chi connectivity index (χ4n) is 2.73. The summed E-state index contributed by atoms with van der Waals surface area (Å²) >= 11 is 0. The number of hydrogen-bond acceptors (Lipinski definition) is 4. The second kappa shape index (κ2) is 5.00. The molecule has 0 bridgehead atoms. The van der Waals surface area contributed by atoms with E-state index in [2.05, 4.69) is 10.1 Å². The first-order valence-electron chi connectivity index (χ1n) is 6.64. The van der Waals surface area contributed by atoms with Crippen LogP contribution in [0.25, 0.3) is 0 Å². The van der Waals surface area contributed by atoms with Crippen molar-refractivity contribution in [2.45, 2.75) is 25.8 Å². The molecule has 1 aliphatic heterocycles. The Morgan fingerprint density at radius 2 is 2.30 bits per heavy atom. The number of para-hydroxylation sites is 1. The largest absolute Gasteiger partial charge is 0.481 e. The molecule has 1 atom stereocenters. The van der Waals surface area contributed by atoms with Gasteiger partial charge in [0.1, 0.15) is 0 Å². The third-order valence-electron chi connectivity index (χ3n) is 3.66. The number of carboxylic acids is 1. The minimum atomic E-state index is -0.757. The number of fused-ring (bicyclic) bond motifs is 1. The van der Waals surface area contributed by atoms with Gasteiger partial charge in [-0.15, -0.1) is 0 Å². The Morgan fingerprint density at radius 3 is 3.00 bits per heavy atom. The van der Waals surface area contributed by atoms with Gasteiger partial charge in [0.25, 0.3) is 0 Å². The number of nitrogens with zero attached hydrogens (tertiary/aromatic N) is 2. The van der Waals surface area contributed by atoms with E-state index in [-0.39, 0.29) is 0 Å². The first-order valence-corrected chi connectivity index (χ1v) is 6.64. The van der Waals surface area contributed by atoms with E-state index in [0.29, 0.717) is 19.5 Å². The maximum Gasteiger partial charge on any atom is 0.311 e. The Morgan fingerprint density at radius 1 is 1.50 bits per heavy atom. The van der Waals surface area contributed by atoms with E-state index < -0.39 is 11.9 Å². The molecule has 0 spiro atoms. The van der Waals surface area contributed by atoms with Gasteiger partial charge in [0, 0.05) is 18.3 Å². The van der Waals surface area contributed by atoms with Crippen molar-refractivity contribution in [1.29, 1.82) is 0 Å². The molecule has 5 heteroatoms. The van der Waals surface area contributed by atoms with Crippen LogP contribution < -0.4 is 4.90 Å². The Hall–Kier alpha value is -2.30. The molecule has 2 aromatic rings.